The van der Waals surface area contributed by atoms with E-state index in [1.165, 1.54) is 24.7 Å². The molecular weight excluding hydrogens is 280 g/mol. The van der Waals surface area contributed by atoms with Crippen LogP contribution in [0.1, 0.15) is 43.2 Å². The smallest absolute Gasteiger partial charge is 0.305 e. The highest BCUT2D eigenvalue weighted by Gasteiger charge is 2.25. The van der Waals surface area contributed by atoms with Gasteiger partial charge < -0.3 is 14.2 Å². The minimum absolute atomic E-state index is 0.104. The number of carbonyl (C=O) groups is 1. The van der Waals surface area contributed by atoms with E-state index in [0.717, 1.165) is 44.5 Å². The summed E-state index contributed by atoms with van der Waals surface area (Å²) < 4.78 is 16.5. The zero-order chi connectivity index (χ0) is 15.4. The third kappa shape index (κ3) is 3.61. The molecule has 0 aromatic heterocycles. The molecule has 1 heterocycles. The average Bonchev–Trinajstić information content (AvgIpc) is 2.56. The van der Waals surface area contributed by atoms with Crippen LogP contribution < -0.4 is 4.74 Å². The van der Waals surface area contributed by atoms with Crippen LogP contribution in [-0.4, -0.2) is 26.0 Å². The van der Waals surface area contributed by atoms with Gasteiger partial charge >= 0.3 is 5.97 Å². The van der Waals surface area contributed by atoms with Gasteiger partial charge in [-0.05, 0) is 55.2 Å². The molecule has 1 aliphatic heterocycles. The van der Waals surface area contributed by atoms with Crippen molar-refractivity contribution in [1.82, 2.24) is 0 Å². The first-order chi connectivity index (χ1) is 10.8. The SMILES string of the molecule is COC(=O)CC1CCc2c(cccc2OC2CCCCO2)C1. The van der Waals surface area contributed by atoms with Crippen LogP contribution >= 0.6 is 0 Å². The van der Waals surface area contributed by atoms with Gasteiger partial charge in [-0.15, -0.1) is 0 Å². The molecule has 0 N–H and O–H groups in total. The number of ether oxygens (including phenoxy) is 3. The van der Waals surface area contributed by atoms with Crippen LogP contribution in [-0.2, 0) is 27.1 Å². The van der Waals surface area contributed by atoms with Crippen molar-refractivity contribution in [1.29, 1.82) is 0 Å². The Bertz CT molecular complexity index is 520. The van der Waals surface area contributed by atoms with Crippen molar-refractivity contribution < 1.29 is 19.0 Å². The Kier molecular flexibility index (Phi) is 4.98. The molecule has 1 aromatic carbocycles. The van der Waals surface area contributed by atoms with Crippen molar-refractivity contribution in [2.45, 2.75) is 51.2 Å². The number of rotatable bonds is 4. The Morgan fingerprint density at radius 1 is 1.32 bits per heavy atom. The van der Waals surface area contributed by atoms with Crippen LogP contribution in [0.2, 0.25) is 0 Å². The van der Waals surface area contributed by atoms with Gasteiger partial charge in [-0.25, -0.2) is 0 Å². The van der Waals surface area contributed by atoms with Gasteiger partial charge in [0.05, 0.1) is 13.7 Å². The minimum atomic E-state index is -0.114. The van der Waals surface area contributed by atoms with Gasteiger partial charge in [-0.3, -0.25) is 4.79 Å². The molecule has 4 heteroatoms. The summed E-state index contributed by atoms with van der Waals surface area (Å²) in [6.45, 7) is 0.793. The molecule has 2 atom stereocenters. The van der Waals surface area contributed by atoms with Gasteiger partial charge in [-0.2, -0.15) is 0 Å². The number of hydrogen-bond donors (Lipinski definition) is 0. The zero-order valence-corrected chi connectivity index (χ0v) is 13.2. The first-order valence-corrected chi connectivity index (χ1v) is 8.22. The standard InChI is InChI=1S/C18H24O4/c1-20-17(19)12-13-8-9-15-14(11-13)5-4-6-16(15)22-18-7-2-3-10-21-18/h4-6,13,18H,2-3,7-12H2,1H3. The van der Waals surface area contributed by atoms with E-state index in [1.54, 1.807) is 0 Å². The van der Waals surface area contributed by atoms with Crippen LogP contribution in [0.25, 0.3) is 0 Å². The predicted molar refractivity (Wildman–Crippen MR) is 82.8 cm³/mol. The molecule has 0 bridgehead atoms. The molecule has 2 unspecified atom stereocenters. The molecule has 3 rings (SSSR count). The second-order valence-corrected chi connectivity index (χ2v) is 6.20. The Balaban J connectivity index is 1.68. The summed E-state index contributed by atoms with van der Waals surface area (Å²) in [6.07, 6.45) is 6.55. The van der Waals surface area contributed by atoms with Crippen LogP contribution in [0.4, 0.5) is 0 Å². The average molecular weight is 304 g/mol. The number of hydrogen-bond acceptors (Lipinski definition) is 4. The van der Waals surface area contributed by atoms with Gasteiger partial charge in [0.1, 0.15) is 5.75 Å². The van der Waals surface area contributed by atoms with Crippen LogP contribution in [0.15, 0.2) is 18.2 Å². The van der Waals surface area contributed by atoms with Gasteiger partial charge in [0, 0.05) is 12.8 Å². The molecule has 0 saturated carbocycles. The third-order valence-electron chi connectivity index (χ3n) is 4.62. The molecule has 2 aliphatic rings. The highest BCUT2D eigenvalue weighted by Crippen LogP contribution is 2.34. The molecule has 4 nitrogen and oxygen atoms in total. The fourth-order valence-electron chi connectivity index (χ4n) is 3.40. The molecule has 22 heavy (non-hydrogen) atoms. The first kappa shape index (κ1) is 15.3. The van der Waals surface area contributed by atoms with Gasteiger partial charge in [0.15, 0.2) is 6.29 Å². The van der Waals surface area contributed by atoms with E-state index in [4.69, 9.17) is 14.2 Å². The van der Waals surface area contributed by atoms with Gasteiger partial charge in [0.25, 0.3) is 0 Å². The number of fused-ring (bicyclic) bond motifs is 1. The van der Waals surface area contributed by atoms with Crippen molar-refractivity contribution >= 4 is 5.97 Å². The van der Waals surface area contributed by atoms with E-state index >= 15 is 0 Å². The second kappa shape index (κ2) is 7.14. The Labute approximate surface area is 131 Å². The molecule has 0 spiro atoms. The molecule has 120 valence electrons. The minimum Gasteiger partial charge on any atom is -0.469 e. The lowest BCUT2D eigenvalue weighted by molar-refractivity contribution is -0.141. The van der Waals surface area contributed by atoms with Crippen molar-refractivity contribution in [3.8, 4) is 5.75 Å². The fourth-order valence-corrected chi connectivity index (χ4v) is 3.40. The highest BCUT2D eigenvalue weighted by molar-refractivity contribution is 5.69. The number of benzene rings is 1. The Morgan fingerprint density at radius 3 is 3.00 bits per heavy atom. The van der Waals surface area contributed by atoms with Crippen molar-refractivity contribution in [3.05, 3.63) is 29.3 Å². The quantitative estimate of drug-likeness (QED) is 0.801. The zero-order valence-electron chi connectivity index (χ0n) is 13.2. The second-order valence-electron chi connectivity index (χ2n) is 6.20. The summed E-state index contributed by atoms with van der Waals surface area (Å²) in [7, 11) is 1.45. The van der Waals surface area contributed by atoms with Gasteiger partial charge in [-0.1, -0.05) is 12.1 Å². The highest BCUT2D eigenvalue weighted by atomic mass is 16.7. The third-order valence-corrected chi connectivity index (χ3v) is 4.62. The van der Waals surface area contributed by atoms with E-state index in [0.29, 0.717) is 12.3 Å². The topological polar surface area (TPSA) is 44.8 Å². The molecule has 0 radical (unpaired) electrons. The lowest BCUT2D eigenvalue weighted by atomic mass is 9.82. The maximum absolute atomic E-state index is 11.5. The van der Waals surface area contributed by atoms with Crippen molar-refractivity contribution in [2.75, 3.05) is 13.7 Å². The number of esters is 1. The summed E-state index contributed by atoms with van der Waals surface area (Å²) in [5, 5.41) is 0. The summed E-state index contributed by atoms with van der Waals surface area (Å²) in [5.41, 5.74) is 2.59. The Morgan fingerprint density at radius 2 is 2.23 bits per heavy atom. The summed E-state index contributed by atoms with van der Waals surface area (Å²) in [5.74, 6) is 1.22. The Hall–Kier alpha value is -1.55. The lowest BCUT2D eigenvalue weighted by Gasteiger charge is -2.28. The molecule has 1 aliphatic carbocycles. The van der Waals surface area contributed by atoms with E-state index in [9.17, 15) is 4.79 Å². The molecule has 0 amide bonds. The van der Waals surface area contributed by atoms with Crippen LogP contribution in [0, 0.1) is 5.92 Å². The maximum Gasteiger partial charge on any atom is 0.305 e. The van der Waals surface area contributed by atoms with Crippen LogP contribution in [0.5, 0.6) is 5.75 Å². The lowest BCUT2D eigenvalue weighted by Crippen LogP contribution is -2.26. The molecule has 1 saturated heterocycles. The maximum atomic E-state index is 11.5. The van der Waals surface area contributed by atoms with Crippen molar-refractivity contribution in [2.24, 2.45) is 5.92 Å². The van der Waals surface area contributed by atoms with Crippen LogP contribution in [0.3, 0.4) is 0 Å². The van der Waals surface area contributed by atoms with E-state index in [1.807, 2.05) is 12.1 Å². The van der Waals surface area contributed by atoms with E-state index < -0.39 is 0 Å². The molecular formula is C18H24O4. The molecule has 1 fully saturated rings. The summed E-state index contributed by atoms with van der Waals surface area (Å²) >= 11 is 0. The molecule has 1 aromatic rings. The largest absolute Gasteiger partial charge is 0.469 e. The summed E-state index contributed by atoms with van der Waals surface area (Å²) in [4.78, 5) is 11.5. The predicted octanol–water partition coefficient (Wildman–Crippen LogP) is 3.26. The normalized spacial score (nSPS) is 24.4. The monoisotopic (exact) mass is 304 g/mol. The fraction of sp³-hybridized carbons (Fsp3) is 0.611. The first-order valence-electron chi connectivity index (χ1n) is 8.22. The van der Waals surface area contributed by atoms with Crippen molar-refractivity contribution in [3.63, 3.8) is 0 Å². The summed E-state index contributed by atoms with van der Waals surface area (Å²) in [6, 6.07) is 6.22. The number of methoxy groups -OCH3 is 1. The number of carbonyl (C=O) groups excluding carboxylic acids is 1. The van der Waals surface area contributed by atoms with E-state index in [2.05, 4.69) is 6.07 Å². The van der Waals surface area contributed by atoms with Gasteiger partial charge in [0.2, 0.25) is 0 Å². The van der Waals surface area contributed by atoms with E-state index in [-0.39, 0.29) is 12.3 Å².